The molecule has 0 saturated carbocycles. The molecule has 3 aliphatic rings. The maximum absolute atomic E-state index is 13.7. The lowest BCUT2D eigenvalue weighted by atomic mass is 9.94. The minimum Gasteiger partial charge on any atom is -0.341 e. The molecule has 9 nitrogen and oxygen atoms in total. The first-order valence-corrected chi connectivity index (χ1v) is 13.0. The third-order valence-electron chi connectivity index (χ3n) is 7.24. The van der Waals surface area contributed by atoms with E-state index in [0.717, 1.165) is 24.1 Å². The van der Waals surface area contributed by atoms with E-state index in [1.165, 1.54) is 0 Å². The molecule has 0 spiro atoms. The Balaban J connectivity index is 1.47. The maximum Gasteiger partial charge on any atom is 0.261 e. The number of carbonyl (C=O) groups is 3. The van der Waals surface area contributed by atoms with Crippen LogP contribution in [0.15, 0.2) is 71.8 Å². The zero-order chi connectivity index (χ0) is 26.4. The summed E-state index contributed by atoms with van der Waals surface area (Å²) in [5, 5.41) is 2.46. The number of fused-ring (bicyclic) bond motifs is 1. The minimum atomic E-state index is -0.503. The highest BCUT2D eigenvalue weighted by Crippen LogP contribution is 2.40. The van der Waals surface area contributed by atoms with Gasteiger partial charge in [-0.3, -0.25) is 29.1 Å². The monoisotopic (exact) mass is 508 g/mol. The number of benzene rings is 1. The van der Waals surface area contributed by atoms with Crippen LogP contribution in [0, 0.1) is 0 Å². The molecular weight excluding hydrogens is 480 g/mol. The highest BCUT2D eigenvalue weighted by Gasteiger charge is 2.42. The van der Waals surface area contributed by atoms with Gasteiger partial charge in [-0.05, 0) is 30.5 Å². The summed E-state index contributed by atoms with van der Waals surface area (Å²) in [6, 6.07) is 11.0. The number of amides is 3. The first kappa shape index (κ1) is 23.8. The van der Waals surface area contributed by atoms with E-state index in [4.69, 9.17) is 0 Å². The Morgan fingerprint density at radius 1 is 1.05 bits per heavy atom. The summed E-state index contributed by atoms with van der Waals surface area (Å²) in [5.74, 6) is -0.904. The quantitative estimate of drug-likeness (QED) is 0.495. The summed E-state index contributed by atoms with van der Waals surface area (Å²) in [6.07, 6.45) is 9.18. The lowest BCUT2D eigenvalue weighted by Gasteiger charge is -2.29. The average Bonchev–Trinajstić information content (AvgIpc) is 3.54. The van der Waals surface area contributed by atoms with Gasteiger partial charge >= 0.3 is 0 Å². The topological polar surface area (TPSA) is 99.4 Å². The van der Waals surface area contributed by atoms with Gasteiger partial charge in [-0.25, -0.2) is 4.98 Å². The molecule has 1 atom stereocenters. The van der Waals surface area contributed by atoms with Crippen molar-refractivity contribution in [3.63, 3.8) is 0 Å². The van der Waals surface area contributed by atoms with E-state index >= 15 is 0 Å². The highest BCUT2D eigenvalue weighted by molar-refractivity contribution is 6.47. The fraction of sp³-hybridized carbons (Fsp3) is 0.276. The number of hydrogen-bond donors (Lipinski definition) is 1. The summed E-state index contributed by atoms with van der Waals surface area (Å²) in [5.41, 5.74) is 4.59. The van der Waals surface area contributed by atoms with Crippen molar-refractivity contribution in [1.29, 1.82) is 0 Å². The Bertz CT molecular complexity index is 1570. The first-order valence-electron chi connectivity index (χ1n) is 13.0. The number of hydrogen-bond acceptors (Lipinski definition) is 6. The molecule has 3 aromatic rings. The zero-order valence-electron chi connectivity index (χ0n) is 21.3. The molecule has 0 fully saturated rings. The number of nitrogens with one attached hydrogen (secondary N) is 1. The molecule has 0 radical (unpaired) electrons. The zero-order valence-corrected chi connectivity index (χ0v) is 21.3. The Kier molecular flexibility index (Phi) is 5.90. The normalized spacial score (nSPS) is 18.1. The fourth-order valence-electron chi connectivity index (χ4n) is 5.67. The SMILES string of the molecule is CCCN(CCC)C(=O)C1Cc2cccc3c2N1C=CN=C3C1=C(c2cnc3ccccn23)C(=O)NC1=O. The summed E-state index contributed by atoms with van der Waals surface area (Å²) < 4.78 is 1.78. The van der Waals surface area contributed by atoms with Crippen molar-refractivity contribution < 1.29 is 14.4 Å². The van der Waals surface area contributed by atoms with Gasteiger partial charge in [0.05, 0.1) is 34.4 Å². The van der Waals surface area contributed by atoms with Crippen molar-refractivity contribution in [3.8, 4) is 0 Å². The van der Waals surface area contributed by atoms with Crippen LogP contribution in [-0.2, 0) is 20.8 Å². The van der Waals surface area contributed by atoms with Crippen molar-refractivity contribution in [2.24, 2.45) is 4.99 Å². The molecule has 2 aromatic heterocycles. The molecule has 3 aliphatic heterocycles. The number of para-hydroxylation sites is 1. The molecule has 1 aromatic carbocycles. The van der Waals surface area contributed by atoms with Crippen LogP contribution in [0.3, 0.4) is 0 Å². The first-order chi connectivity index (χ1) is 18.5. The second-order valence-electron chi connectivity index (χ2n) is 9.65. The van der Waals surface area contributed by atoms with Gasteiger partial charge in [0.1, 0.15) is 11.7 Å². The van der Waals surface area contributed by atoms with Crippen LogP contribution in [0.4, 0.5) is 5.69 Å². The molecule has 0 aliphatic carbocycles. The predicted octanol–water partition coefficient (Wildman–Crippen LogP) is 3.10. The highest BCUT2D eigenvalue weighted by atomic mass is 16.2. The molecule has 1 unspecified atom stereocenters. The Hall–Kier alpha value is -4.53. The van der Waals surface area contributed by atoms with Crippen molar-refractivity contribution in [2.45, 2.75) is 39.2 Å². The van der Waals surface area contributed by atoms with Crippen LogP contribution in [0.1, 0.15) is 43.5 Å². The van der Waals surface area contributed by atoms with Gasteiger partial charge in [-0.1, -0.05) is 38.1 Å². The number of nitrogens with zero attached hydrogens (tertiary/aromatic N) is 5. The number of pyridine rings is 1. The van der Waals surface area contributed by atoms with E-state index < -0.39 is 11.8 Å². The largest absolute Gasteiger partial charge is 0.341 e. The van der Waals surface area contributed by atoms with E-state index in [-0.39, 0.29) is 23.1 Å². The van der Waals surface area contributed by atoms with Crippen LogP contribution in [-0.4, -0.2) is 56.8 Å². The molecule has 192 valence electrons. The van der Waals surface area contributed by atoms with Crippen LogP contribution in [0.5, 0.6) is 0 Å². The van der Waals surface area contributed by atoms with Gasteiger partial charge in [0.25, 0.3) is 11.8 Å². The van der Waals surface area contributed by atoms with E-state index in [0.29, 0.717) is 42.1 Å². The maximum atomic E-state index is 13.7. The van der Waals surface area contributed by atoms with Crippen molar-refractivity contribution in [1.82, 2.24) is 19.6 Å². The third kappa shape index (κ3) is 3.65. The van der Waals surface area contributed by atoms with Crippen molar-refractivity contribution in [3.05, 3.63) is 83.6 Å². The molecule has 0 saturated heterocycles. The van der Waals surface area contributed by atoms with Crippen LogP contribution in [0.25, 0.3) is 11.2 Å². The Morgan fingerprint density at radius 2 is 1.84 bits per heavy atom. The lowest BCUT2D eigenvalue weighted by Crippen LogP contribution is -2.46. The molecule has 0 bridgehead atoms. The van der Waals surface area contributed by atoms with Crippen LogP contribution < -0.4 is 10.2 Å². The molecule has 1 N–H and O–H groups in total. The molecule has 5 heterocycles. The number of carbonyl (C=O) groups excluding carboxylic acids is 3. The third-order valence-corrected chi connectivity index (χ3v) is 7.24. The molecule has 6 rings (SSSR count). The van der Waals surface area contributed by atoms with E-state index in [9.17, 15) is 14.4 Å². The lowest BCUT2D eigenvalue weighted by molar-refractivity contribution is -0.132. The average molecular weight is 509 g/mol. The number of anilines is 1. The number of imidazole rings is 1. The summed E-state index contributed by atoms with van der Waals surface area (Å²) in [4.78, 5) is 53.0. The van der Waals surface area contributed by atoms with Gasteiger partial charge in [0.2, 0.25) is 5.91 Å². The van der Waals surface area contributed by atoms with Crippen LogP contribution in [0.2, 0.25) is 0 Å². The standard InChI is InChI=1S/C29H28N6O3/c1-3-12-33(13-4-2)29(38)20-16-18-8-7-9-19-25(30-11-15-35(20)26(18)19)24-23(27(36)32-28(24)37)21-17-31-22-10-5-6-14-34(21)22/h5-11,14-15,17,20H,3-4,12-13,16H2,1-2H3,(H,32,36,37). The van der Waals surface area contributed by atoms with E-state index in [1.54, 1.807) is 16.8 Å². The molecular formula is C29H28N6O3. The van der Waals surface area contributed by atoms with Crippen molar-refractivity contribution in [2.75, 3.05) is 18.0 Å². The number of aromatic nitrogens is 2. The predicted molar refractivity (Wildman–Crippen MR) is 145 cm³/mol. The smallest absolute Gasteiger partial charge is 0.261 e. The van der Waals surface area contributed by atoms with Gasteiger partial charge in [-0.2, -0.15) is 0 Å². The minimum absolute atomic E-state index is 0.0865. The van der Waals surface area contributed by atoms with Gasteiger partial charge < -0.3 is 9.80 Å². The van der Waals surface area contributed by atoms with Gasteiger partial charge in [-0.15, -0.1) is 0 Å². The van der Waals surface area contributed by atoms with E-state index in [2.05, 4.69) is 29.1 Å². The Labute approximate surface area is 220 Å². The van der Waals surface area contributed by atoms with E-state index in [1.807, 2.05) is 58.6 Å². The summed E-state index contributed by atoms with van der Waals surface area (Å²) in [7, 11) is 0. The molecule has 38 heavy (non-hydrogen) atoms. The van der Waals surface area contributed by atoms with Gasteiger partial charge in [0, 0.05) is 43.7 Å². The summed E-state index contributed by atoms with van der Waals surface area (Å²) in [6.45, 7) is 5.58. The fourth-order valence-corrected chi connectivity index (χ4v) is 5.67. The van der Waals surface area contributed by atoms with Gasteiger partial charge in [0.15, 0.2) is 0 Å². The second-order valence-corrected chi connectivity index (χ2v) is 9.65. The van der Waals surface area contributed by atoms with Crippen LogP contribution >= 0.6 is 0 Å². The second kappa shape index (κ2) is 9.41. The van der Waals surface area contributed by atoms with Crippen molar-refractivity contribution >= 4 is 40.3 Å². The summed E-state index contributed by atoms with van der Waals surface area (Å²) >= 11 is 0. The molecule has 9 heteroatoms. The number of aliphatic imine (C=N–C) groups is 1. The number of rotatable bonds is 7. The Morgan fingerprint density at radius 3 is 2.63 bits per heavy atom. The number of imide groups is 1. The molecule has 3 amide bonds.